The molecule has 0 spiro atoms. The highest BCUT2D eigenvalue weighted by atomic mass is 35.5. The van der Waals surface area contributed by atoms with Crippen molar-refractivity contribution < 1.29 is 4.74 Å². The summed E-state index contributed by atoms with van der Waals surface area (Å²) < 4.78 is 5.66. The van der Waals surface area contributed by atoms with Gasteiger partial charge in [-0.25, -0.2) is 0 Å². The largest absolute Gasteiger partial charge is 0.487 e. The van der Waals surface area contributed by atoms with Crippen molar-refractivity contribution in [2.24, 2.45) is 5.92 Å². The van der Waals surface area contributed by atoms with E-state index in [0.717, 1.165) is 30.9 Å². The number of rotatable bonds is 15. The highest BCUT2D eigenvalue weighted by molar-refractivity contribution is 7.80. The molecule has 0 aliphatic heterocycles. The van der Waals surface area contributed by atoms with Gasteiger partial charge in [-0.3, -0.25) is 0 Å². The monoisotopic (exact) mass is 334 g/mol. The van der Waals surface area contributed by atoms with Crippen LogP contribution < -0.4 is 0 Å². The lowest BCUT2D eigenvalue weighted by molar-refractivity contribution is 0.279. The van der Waals surface area contributed by atoms with Gasteiger partial charge < -0.3 is 4.74 Å². The van der Waals surface area contributed by atoms with Crippen molar-refractivity contribution in [1.82, 2.24) is 0 Å². The summed E-state index contributed by atoms with van der Waals surface area (Å²) in [7, 11) is 0. The maximum atomic E-state index is 5.69. The van der Waals surface area contributed by atoms with E-state index in [2.05, 4.69) is 13.8 Å². The number of hydrogen-bond donors (Lipinski definition) is 0. The molecule has 0 aliphatic carbocycles. The van der Waals surface area contributed by atoms with E-state index in [9.17, 15) is 0 Å². The van der Waals surface area contributed by atoms with Gasteiger partial charge in [-0.15, -0.1) is 11.6 Å². The van der Waals surface area contributed by atoms with Gasteiger partial charge in [0.15, 0.2) is 5.05 Å². The average Bonchev–Trinajstić information content (AvgIpc) is 2.49. The van der Waals surface area contributed by atoms with Crippen molar-refractivity contribution >= 4 is 28.9 Å². The molecule has 21 heavy (non-hydrogen) atoms. The van der Waals surface area contributed by atoms with E-state index in [1.165, 1.54) is 57.8 Å². The minimum atomic E-state index is 0.363. The Morgan fingerprint density at radius 2 is 1.43 bits per heavy atom. The van der Waals surface area contributed by atoms with Gasteiger partial charge in [0.05, 0.1) is 6.61 Å². The van der Waals surface area contributed by atoms with Crippen LogP contribution in [0, 0.1) is 5.92 Å². The molecule has 0 amide bonds. The Kier molecular flexibility index (Phi) is 16.7. The van der Waals surface area contributed by atoms with E-state index in [0.29, 0.717) is 11.8 Å². The zero-order chi connectivity index (χ0) is 15.8. The maximum Gasteiger partial charge on any atom is 0.162 e. The molecule has 1 atom stereocenters. The van der Waals surface area contributed by atoms with Gasteiger partial charge in [-0.2, -0.15) is 0 Å². The van der Waals surface area contributed by atoms with Gasteiger partial charge in [-0.1, -0.05) is 71.6 Å². The second-order valence-electron chi connectivity index (χ2n) is 6.08. The highest BCUT2D eigenvalue weighted by Gasteiger charge is 2.09. The molecule has 0 radical (unpaired) electrons. The number of hydrogen-bond acceptors (Lipinski definition) is 2. The summed E-state index contributed by atoms with van der Waals surface area (Å²) in [5.41, 5.74) is 0. The number of thiocarbonyl (C=S) groups is 1. The van der Waals surface area contributed by atoms with Gasteiger partial charge in [0, 0.05) is 11.8 Å². The molecule has 1 nitrogen and oxygen atoms in total. The van der Waals surface area contributed by atoms with Crippen LogP contribution >= 0.6 is 23.8 Å². The zero-order valence-electron chi connectivity index (χ0n) is 14.2. The van der Waals surface area contributed by atoms with Crippen LogP contribution in [0.15, 0.2) is 0 Å². The lowest BCUT2D eigenvalue weighted by Gasteiger charge is -2.13. The standard InChI is InChI=1S/C18H35ClOS/c1-3-4-5-6-7-8-9-10-11-12-16-20-18(21)17(2)14-13-15-19/h17H,3-16H2,1-2H3. The van der Waals surface area contributed by atoms with E-state index < -0.39 is 0 Å². The Bertz CT molecular complexity index is 233. The fraction of sp³-hybridized carbons (Fsp3) is 0.944. The summed E-state index contributed by atoms with van der Waals surface area (Å²) in [4.78, 5) is 0. The Morgan fingerprint density at radius 1 is 0.905 bits per heavy atom. The predicted octanol–water partition coefficient (Wildman–Crippen LogP) is 6.91. The highest BCUT2D eigenvalue weighted by Crippen LogP contribution is 2.12. The summed E-state index contributed by atoms with van der Waals surface area (Å²) in [5.74, 6) is 1.08. The summed E-state index contributed by atoms with van der Waals surface area (Å²) in [6.07, 6.45) is 15.6. The molecule has 0 saturated heterocycles. The molecule has 0 saturated carbocycles. The van der Waals surface area contributed by atoms with Crippen molar-refractivity contribution in [2.45, 2.75) is 90.9 Å². The molecular weight excluding hydrogens is 300 g/mol. The molecule has 0 heterocycles. The second-order valence-corrected chi connectivity index (χ2v) is 6.86. The number of ether oxygens (including phenoxy) is 1. The lowest BCUT2D eigenvalue weighted by Crippen LogP contribution is -2.13. The van der Waals surface area contributed by atoms with Crippen LogP contribution in [-0.4, -0.2) is 17.5 Å². The van der Waals surface area contributed by atoms with Crippen molar-refractivity contribution in [3.8, 4) is 0 Å². The van der Waals surface area contributed by atoms with Crippen molar-refractivity contribution in [2.75, 3.05) is 12.5 Å². The Morgan fingerprint density at radius 3 is 1.95 bits per heavy atom. The number of alkyl halides is 1. The molecule has 0 aromatic carbocycles. The van der Waals surface area contributed by atoms with Gasteiger partial charge in [-0.05, 0) is 31.5 Å². The summed E-state index contributed by atoms with van der Waals surface area (Å²) in [5, 5.41) is 0.774. The normalized spacial score (nSPS) is 12.3. The summed E-state index contributed by atoms with van der Waals surface area (Å²) in [6.45, 7) is 5.19. The van der Waals surface area contributed by atoms with Gasteiger partial charge in [0.1, 0.15) is 0 Å². The van der Waals surface area contributed by atoms with Crippen LogP contribution in [0.1, 0.15) is 90.9 Å². The molecule has 3 heteroatoms. The molecule has 0 bridgehead atoms. The average molecular weight is 335 g/mol. The molecule has 0 aromatic rings. The van der Waals surface area contributed by atoms with Gasteiger partial charge in [0.25, 0.3) is 0 Å². The summed E-state index contributed by atoms with van der Waals surface area (Å²) >= 11 is 11.0. The smallest absolute Gasteiger partial charge is 0.162 e. The zero-order valence-corrected chi connectivity index (χ0v) is 15.7. The number of halogens is 1. The van der Waals surface area contributed by atoms with E-state index >= 15 is 0 Å². The first-order chi connectivity index (χ1) is 10.2. The molecule has 0 aromatic heterocycles. The van der Waals surface area contributed by atoms with Crippen LogP contribution in [0.4, 0.5) is 0 Å². The molecule has 0 N–H and O–H groups in total. The second kappa shape index (κ2) is 16.5. The third-order valence-corrected chi connectivity index (χ3v) is 4.70. The van der Waals surface area contributed by atoms with Crippen LogP contribution in [-0.2, 0) is 4.74 Å². The molecule has 0 rings (SSSR count). The van der Waals surface area contributed by atoms with Crippen molar-refractivity contribution in [3.05, 3.63) is 0 Å². The SMILES string of the molecule is CCCCCCCCCCCCOC(=S)C(C)CCCCl. The quantitative estimate of drug-likeness (QED) is 0.183. The Labute approximate surface area is 143 Å². The van der Waals surface area contributed by atoms with E-state index in [1.54, 1.807) is 0 Å². The van der Waals surface area contributed by atoms with Crippen LogP contribution in [0.25, 0.3) is 0 Å². The summed E-state index contributed by atoms with van der Waals surface area (Å²) in [6, 6.07) is 0. The third kappa shape index (κ3) is 14.9. The Balaban J connectivity index is 3.23. The molecule has 0 fully saturated rings. The first-order valence-corrected chi connectivity index (χ1v) is 9.89. The first kappa shape index (κ1) is 21.2. The Hall–Kier alpha value is 0.180. The van der Waals surface area contributed by atoms with Gasteiger partial charge >= 0.3 is 0 Å². The minimum Gasteiger partial charge on any atom is -0.487 e. The molecule has 126 valence electrons. The lowest BCUT2D eigenvalue weighted by atomic mass is 10.1. The van der Waals surface area contributed by atoms with Crippen LogP contribution in [0.2, 0.25) is 0 Å². The van der Waals surface area contributed by atoms with Crippen molar-refractivity contribution in [3.63, 3.8) is 0 Å². The first-order valence-electron chi connectivity index (χ1n) is 8.95. The minimum absolute atomic E-state index is 0.363. The van der Waals surface area contributed by atoms with E-state index in [-0.39, 0.29) is 0 Å². The predicted molar refractivity (Wildman–Crippen MR) is 99.5 cm³/mol. The molecule has 0 aliphatic rings. The molecule has 1 unspecified atom stereocenters. The molecular formula is C18H35ClOS. The van der Waals surface area contributed by atoms with Crippen molar-refractivity contribution in [1.29, 1.82) is 0 Å². The number of unbranched alkanes of at least 4 members (excludes halogenated alkanes) is 9. The maximum absolute atomic E-state index is 5.69. The van der Waals surface area contributed by atoms with Gasteiger partial charge in [0.2, 0.25) is 0 Å². The van der Waals surface area contributed by atoms with E-state index in [4.69, 9.17) is 28.6 Å². The van der Waals surface area contributed by atoms with Crippen LogP contribution in [0.5, 0.6) is 0 Å². The third-order valence-electron chi connectivity index (χ3n) is 3.92. The fourth-order valence-corrected chi connectivity index (χ4v) is 2.76. The van der Waals surface area contributed by atoms with Crippen LogP contribution in [0.3, 0.4) is 0 Å². The fourth-order valence-electron chi connectivity index (χ4n) is 2.41. The topological polar surface area (TPSA) is 9.23 Å². The van der Waals surface area contributed by atoms with E-state index in [1.807, 2.05) is 0 Å².